The number of benzene rings is 4. The number of ketones is 2. The predicted octanol–water partition coefficient (Wildman–Crippen LogP) is 5.26. The molecule has 0 spiro atoms. The lowest BCUT2D eigenvalue weighted by Gasteiger charge is -2.14. The highest BCUT2D eigenvalue weighted by Gasteiger charge is 2.30. The lowest BCUT2D eigenvalue weighted by molar-refractivity contribution is 0.100. The van der Waals surface area contributed by atoms with Crippen molar-refractivity contribution in [3.63, 3.8) is 0 Å². The molecule has 0 saturated carbocycles. The summed E-state index contributed by atoms with van der Waals surface area (Å²) >= 11 is 0. The Hall–Kier alpha value is -3.97. The number of carbonyl (C=O) groups excluding carboxylic acids is 2. The molecule has 33 heavy (non-hydrogen) atoms. The van der Waals surface area contributed by atoms with Gasteiger partial charge in [-0.1, -0.05) is 30.3 Å². The molecular weight excluding hydrogens is 446 g/mol. The van der Waals surface area contributed by atoms with Crippen molar-refractivity contribution in [1.82, 2.24) is 0 Å². The largest absolute Gasteiger partial charge is 0.289 e. The smallest absolute Gasteiger partial charge is 0.207 e. The minimum absolute atomic E-state index is 0.0141. The number of rotatable bonds is 6. The first-order chi connectivity index (χ1) is 15.8. The summed E-state index contributed by atoms with van der Waals surface area (Å²) in [4.78, 5) is 26.3. The Bertz CT molecular complexity index is 1440. The summed E-state index contributed by atoms with van der Waals surface area (Å²) < 4.78 is 53.6. The zero-order valence-electron chi connectivity index (χ0n) is 17.0. The van der Waals surface area contributed by atoms with Gasteiger partial charge in [0.15, 0.2) is 11.6 Å². The molecule has 0 amide bonds. The van der Waals surface area contributed by atoms with Gasteiger partial charge in [0.1, 0.15) is 11.6 Å². The molecule has 4 aromatic carbocycles. The molecule has 0 aliphatic heterocycles. The van der Waals surface area contributed by atoms with E-state index < -0.39 is 33.0 Å². The van der Waals surface area contributed by atoms with Crippen LogP contribution in [0.3, 0.4) is 0 Å². The normalized spacial score (nSPS) is 11.2. The number of sulfone groups is 1. The van der Waals surface area contributed by atoms with Gasteiger partial charge in [-0.15, -0.1) is 0 Å². The topological polar surface area (TPSA) is 68.3 Å². The van der Waals surface area contributed by atoms with Crippen molar-refractivity contribution in [2.75, 3.05) is 0 Å². The first-order valence-electron chi connectivity index (χ1n) is 9.83. The van der Waals surface area contributed by atoms with Crippen molar-refractivity contribution in [2.24, 2.45) is 0 Å². The Morgan fingerprint density at radius 3 is 1.64 bits per heavy atom. The molecule has 4 rings (SSSR count). The van der Waals surface area contributed by atoms with Crippen LogP contribution in [0.1, 0.15) is 31.8 Å². The van der Waals surface area contributed by atoms with Crippen molar-refractivity contribution in [3.05, 3.63) is 131 Å². The van der Waals surface area contributed by atoms with E-state index in [0.717, 1.165) is 24.3 Å². The summed E-state index contributed by atoms with van der Waals surface area (Å²) in [6.45, 7) is 0. The van der Waals surface area contributed by atoms with Crippen LogP contribution in [-0.2, 0) is 9.84 Å². The third-order valence-corrected chi connectivity index (χ3v) is 6.87. The molecule has 0 fully saturated rings. The maximum absolute atomic E-state index is 13.5. The molecule has 0 aromatic heterocycles. The Balaban J connectivity index is 1.97. The Morgan fingerprint density at radius 1 is 0.576 bits per heavy atom. The molecule has 7 heteroatoms. The maximum Gasteiger partial charge on any atom is 0.207 e. The van der Waals surface area contributed by atoms with Gasteiger partial charge in [0, 0.05) is 16.7 Å². The molecule has 0 radical (unpaired) electrons. The highest BCUT2D eigenvalue weighted by Crippen LogP contribution is 2.30. The van der Waals surface area contributed by atoms with Crippen LogP contribution in [-0.4, -0.2) is 20.0 Å². The second-order valence-electron chi connectivity index (χ2n) is 7.17. The minimum Gasteiger partial charge on any atom is -0.289 e. The van der Waals surface area contributed by atoms with Gasteiger partial charge in [-0.3, -0.25) is 9.59 Å². The van der Waals surface area contributed by atoms with Crippen LogP contribution in [0.2, 0.25) is 0 Å². The fourth-order valence-corrected chi connectivity index (χ4v) is 4.91. The van der Waals surface area contributed by atoms with Crippen molar-refractivity contribution in [1.29, 1.82) is 0 Å². The molecule has 0 bridgehead atoms. The zero-order chi connectivity index (χ0) is 23.6. The van der Waals surface area contributed by atoms with Crippen LogP contribution in [0, 0.1) is 11.6 Å². The quantitative estimate of drug-likeness (QED) is 0.367. The van der Waals surface area contributed by atoms with E-state index >= 15 is 0 Å². The second kappa shape index (κ2) is 8.88. The fourth-order valence-electron chi connectivity index (χ4n) is 3.41. The van der Waals surface area contributed by atoms with Gasteiger partial charge in [-0.25, -0.2) is 17.2 Å². The Kier molecular flexibility index (Phi) is 5.98. The van der Waals surface area contributed by atoms with Gasteiger partial charge in [-0.05, 0) is 66.7 Å². The van der Waals surface area contributed by atoms with Gasteiger partial charge in [-0.2, -0.15) is 0 Å². The molecule has 0 aliphatic rings. The molecule has 0 unspecified atom stereocenters. The van der Waals surface area contributed by atoms with Crippen LogP contribution in [0.4, 0.5) is 8.78 Å². The van der Waals surface area contributed by atoms with E-state index in [4.69, 9.17) is 0 Å². The van der Waals surface area contributed by atoms with Crippen molar-refractivity contribution in [2.45, 2.75) is 9.79 Å². The van der Waals surface area contributed by atoms with Crippen LogP contribution in [0.5, 0.6) is 0 Å². The highest BCUT2D eigenvalue weighted by molar-refractivity contribution is 7.91. The van der Waals surface area contributed by atoms with E-state index in [2.05, 4.69) is 0 Å². The van der Waals surface area contributed by atoms with Crippen molar-refractivity contribution >= 4 is 21.4 Å². The molecule has 0 aliphatic carbocycles. The first-order valence-corrected chi connectivity index (χ1v) is 11.3. The third kappa shape index (κ3) is 4.36. The third-order valence-electron chi connectivity index (χ3n) is 5.05. The van der Waals surface area contributed by atoms with E-state index in [1.807, 2.05) is 0 Å². The van der Waals surface area contributed by atoms with Gasteiger partial charge >= 0.3 is 0 Å². The predicted molar refractivity (Wildman–Crippen MR) is 118 cm³/mol. The Labute approximate surface area is 189 Å². The summed E-state index contributed by atoms with van der Waals surface area (Å²) in [6.07, 6.45) is 0. The summed E-state index contributed by atoms with van der Waals surface area (Å²) in [5.74, 6) is -2.52. The van der Waals surface area contributed by atoms with Gasteiger partial charge in [0.05, 0.1) is 15.4 Å². The molecule has 0 heterocycles. The molecule has 0 saturated heterocycles. The van der Waals surface area contributed by atoms with E-state index in [9.17, 15) is 26.8 Å². The summed E-state index contributed by atoms with van der Waals surface area (Å²) in [5, 5.41) is 0. The number of halogens is 2. The van der Waals surface area contributed by atoms with Crippen LogP contribution < -0.4 is 0 Å². The number of hydrogen-bond acceptors (Lipinski definition) is 4. The second-order valence-corrected chi connectivity index (χ2v) is 9.09. The van der Waals surface area contributed by atoms with E-state index in [0.29, 0.717) is 0 Å². The minimum atomic E-state index is -4.18. The average Bonchev–Trinajstić information content (AvgIpc) is 2.84. The van der Waals surface area contributed by atoms with Gasteiger partial charge < -0.3 is 0 Å². The number of carbonyl (C=O) groups is 2. The van der Waals surface area contributed by atoms with E-state index in [-0.39, 0.29) is 32.0 Å². The number of hydrogen-bond donors (Lipinski definition) is 0. The molecule has 4 aromatic rings. The van der Waals surface area contributed by atoms with Crippen molar-refractivity contribution in [3.8, 4) is 0 Å². The van der Waals surface area contributed by atoms with Crippen LogP contribution >= 0.6 is 0 Å². The summed E-state index contributed by atoms with van der Waals surface area (Å²) in [7, 11) is -4.18. The Morgan fingerprint density at radius 2 is 1.09 bits per heavy atom. The molecular formula is C26H16F2O4S. The first kappa shape index (κ1) is 22.2. The monoisotopic (exact) mass is 462 g/mol. The molecule has 4 nitrogen and oxygen atoms in total. The summed E-state index contributed by atoms with van der Waals surface area (Å²) in [5.41, 5.74) is -0.394. The van der Waals surface area contributed by atoms with E-state index in [1.54, 1.807) is 18.2 Å². The lowest BCUT2D eigenvalue weighted by atomic mass is 9.93. The molecule has 0 atom stereocenters. The fraction of sp³-hybridized carbons (Fsp3) is 0. The van der Waals surface area contributed by atoms with E-state index in [1.165, 1.54) is 54.6 Å². The standard InChI is InChI=1S/C26H16F2O4S/c27-19-13-9-17(10-14-19)25(29)22-7-4-8-23(33(31,32)21-5-2-1-3-6-21)24(22)26(30)18-11-15-20(28)16-12-18/h1-16H. The zero-order valence-corrected chi connectivity index (χ0v) is 17.9. The van der Waals surface area contributed by atoms with Gasteiger partial charge in [0.25, 0.3) is 0 Å². The SMILES string of the molecule is O=C(c1ccc(F)cc1)c1cccc(S(=O)(=O)c2ccccc2)c1C(=O)c1ccc(F)cc1. The molecule has 0 N–H and O–H groups in total. The summed E-state index contributed by atoms with van der Waals surface area (Å²) in [6, 6.07) is 20.7. The van der Waals surface area contributed by atoms with Crippen LogP contribution in [0.25, 0.3) is 0 Å². The van der Waals surface area contributed by atoms with Crippen molar-refractivity contribution < 1.29 is 26.8 Å². The highest BCUT2D eigenvalue weighted by atomic mass is 32.2. The maximum atomic E-state index is 13.5. The van der Waals surface area contributed by atoms with Gasteiger partial charge in [0.2, 0.25) is 9.84 Å². The average molecular weight is 462 g/mol. The molecule has 164 valence electrons. The lowest BCUT2D eigenvalue weighted by Crippen LogP contribution is -2.17. The van der Waals surface area contributed by atoms with Crippen LogP contribution in [0.15, 0.2) is 107 Å².